The lowest BCUT2D eigenvalue weighted by atomic mass is 9.95. The van der Waals surface area contributed by atoms with Crippen LogP contribution in [0.1, 0.15) is 39.4 Å². The second kappa shape index (κ2) is 6.88. The second-order valence-electron chi connectivity index (χ2n) is 5.60. The van der Waals surface area contributed by atoms with Gasteiger partial charge in [0.15, 0.2) is 5.82 Å². The predicted octanol–water partition coefficient (Wildman–Crippen LogP) is 2.68. The Balaban J connectivity index is 2.24. The topological polar surface area (TPSA) is 50.3 Å². The van der Waals surface area contributed by atoms with Crippen molar-refractivity contribution in [2.24, 2.45) is 5.92 Å². The molecule has 5 heteroatoms. The first kappa shape index (κ1) is 15.0. The van der Waals surface area contributed by atoms with Crippen molar-refractivity contribution in [3.8, 4) is 0 Å². The van der Waals surface area contributed by atoms with Crippen LogP contribution < -0.4 is 10.2 Å². The van der Waals surface area contributed by atoms with Crippen LogP contribution in [0.25, 0.3) is 0 Å². The summed E-state index contributed by atoms with van der Waals surface area (Å²) in [6.07, 6.45) is 2.52. The van der Waals surface area contributed by atoms with Crippen molar-refractivity contribution in [3.63, 3.8) is 0 Å². The summed E-state index contributed by atoms with van der Waals surface area (Å²) in [5.41, 5.74) is 0. The molecule has 112 valence electrons. The second-order valence-corrected chi connectivity index (χ2v) is 5.60. The summed E-state index contributed by atoms with van der Waals surface area (Å²) in [7, 11) is 1.89. The Labute approximate surface area is 121 Å². The minimum absolute atomic E-state index is 0.469. The molecule has 2 unspecified atom stereocenters. The molecule has 1 fully saturated rings. The molecular weight excluding hydrogens is 252 g/mol. The Hall–Kier alpha value is -1.36. The molecular formula is C15H26N4O. The van der Waals surface area contributed by atoms with Gasteiger partial charge in [0, 0.05) is 32.3 Å². The average molecular weight is 278 g/mol. The Kier molecular flexibility index (Phi) is 5.17. The van der Waals surface area contributed by atoms with E-state index in [1.165, 1.54) is 12.8 Å². The standard InChI is InChI=1S/C15H26N4O/c1-5-20-10-14-17-13(16-4)8-15(18-14)19-9-11(2)6-7-12(19)3/h8,11-12H,5-7,9-10H2,1-4H3,(H,16,17,18). The van der Waals surface area contributed by atoms with E-state index in [1.54, 1.807) is 0 Å². The fraction of sp³-hybridized carbons (Fsp3) is 0.733. The van der Waals surface area contributed by atoms with Crippen molar-refractivity contribution < 1.29 is 4.74 Å². The molecule has 0 aromatic carbocycles. The number of rotatable bonds is 5. The molecule has 1 aliphatic rings. The molecule has 2 rings (SSSR count). The number of hydrogen-bond acceptors (Lipinski definition) is 5. The molecule has 0 bridgehead atoms. The third kappa shape index (κ3) is 3.60. The summed E-state index contributed by atoms with van der Waals surface area (Å²) in [6.45, 7) is 8.78. The number of nitrogens with zero attached hydrogens (tertiary/aromatic N) is 3. The predicted molar refractivity (Wildman–Crippen MR) is 82.1 cm³/mol. The van der Waals surface area contributed by atoms with Crippen LogP contribution in [0.2, 0.25) is 0 Å². The summed E-state index contributed by atoms with van der Waals surface area (Å²) in [4.78, 5) is 11.5. The minimum Gasteiger partial charge on any atom is -0.374 e. The van der Waals surface area contributed by atoms with E-state index in [0.717, 1.165) is 29.9 Å². The maximum Gasteiger partial charge on any atom is 0.158 e. The van der Waals surface area contributed by atoms with E-state index in [1.807, 2.05) is 20.0 Å². The van der Waals surface area contributed by atoms with Crippen molar-refractivity contribution in [2.45, 2.75) is 46.3 Å². The smallest absolute Gasteiger partial charge is 0.158 e. The van der Waals surface area contributed by atoms with Crippen LogP contribution in [0.3, 0.4) is 0 Å². The van der Waals surface area contributed by atoms with E-state index in [2.05, 4.69) is 34.0 Å². The van der Waals surface area contributed by atoms with Gasteiger partial charge in [0.05, 0.1) is 0 Å². The van der Waals surface area contributed by atoms with Crippen molar-refractivity contribution in [2.75, 3.05) is 30.4 Å². The Morgan fingerprint density at radius 2 is 2.15 bits per heavy atom. The molecule has 0 saturated carbocycles. The highest BCUT2D eigenvalue weighted by molar-refractivity contribution is 5.50. The highest BCUT2D eigenvalue weighted by Gasteiger charge is 2.24. The molecule has 20 heavy (non-hydrogen) atoms. The summed E-state index contributed by atoms with van der Waals surface area (Å²) < 4.78 is 5.44. The highest BCUT2D eigenvalue weighted by Crippen LogP contribution is 2.27. The summed E-state index contributed by atoms with van der Waals surface area (Å²) in [5.74, 6) is 3.34. The van der Waals surface area contributed by atoms with E-state index < -0.39 is 0 Å². The summed E-state index contributed by atoms with van der Waals surface area (Å²) >= 11 is 0. The van der Waals surface area contributed by atoms with E-state index in [4.69, 9.17) is 4.74 Å². The van der Waals surface area contributed by atoms with Crippen molar-refractivity contribution in [3.05, 3.63) is 11.9 Å². The summed E-state index contributed by atoms with van der Waals surface area (Å²) in [6, 6.07) is 2.56. The van der Waals surface area contributed by atoms with Gasteiger partial charge in [0.25, 0.3) is 0 Å². The SMILES string of the molecule is CCOCc1nc(NC)cc(N2CC(C)CCC2C)n1. The van der Waals surface area contributed by atoms with Gasteiger partial charge in [-0.25, -0.2) is 9.97 Å². The molecule has 5 nitrogen and oxygen atoms in total. The zero-order chi connectivity index (χ0) is 14.5. The third-order valence-electron chi connectivity index (χ3n) is 3.86. The van der Waals surface area contributed by atoms with Crippen LogP contribution in [-0.2, 0) is 11.3 Å². The van der Waals surface area contributed by atoms with Gasteiger partial charge >= 0.3 is 0 Å². The quantitative estimate of drug-likeness (QED) is 0.897. The van der Waals surface area contributed by atoms with Crippen molar-refractivity contribution in [1.82, 2.24) is 9.97 Å². The zero-order valence-corrected chi connectivity index (χ0v) is 13.0. The molecule has 0 aliphatic carbocycles. The molecule has 2 heterocycles. The number of aromatic nitrogens is 2. The van der Waals surface area contributed by atoms with E-state index in [0.29, 0.717) is 19.3 Å². The first-order valence-corrected chi connectivity index (χ1v) is 7.54. The Morgan fingerprint density at radius 3 is 2.85 bits per heavy atom. The number of hydrogen-bond donors (Lipinski definition) is 1. The van der Waals surface area contributed by atoms with Crippen molar-refractivity contribution >= 4 is 11.6 Å². The fourth-order valence-electron chi connectivity index (χ4n) is 2.62. The van der Waals surface area contributed by atoms with Gasteiger partial charge in [-0.05, 0) is 32.6 Å². The number of ether oxygens (including phenoxy) is 1. The monoisotopic (exact) mass is 278 g/mol. The molecule has 0 radical (unpaired) electrons. The normalized spacial score (nSPS) is 22.9. The van der Waals surface area contributed by atoms with Gasteiger partial charge in [-0.1, -0.05) is 6.92 Å². The van der Waals surface area contributed by atoms with Crippen LogP contribution in [0, 0.1) is 5.92 Å². The van der Waals surface area contributed by atoms with Crippen molar-refractivity contribution in [1.29, 1.82) is 0 Å². The van der Waals surface area contributed by atoms with Gasteiger partial charge in [-0.3, -0.25) is 0 Å². The summed E-state index contributed by atoms with van der Waals surface area (Å²) in [5, 5.41) is 3.12. The Morgan fingerprint density at radius 1 is 1.35 bits per heavy atom. The lowest BCUT2D eigenvalue weighted by Gasteiger charge is -2.37. The maximum atomic E-state index is 5.44. The van der Waals surface area contributed by atoms with Crippen LogP contribution in [0.4, 0.5) is 11.6 Å². The molecule has 1 saturated heterocycles. The fourth-order valence-corrected chi connectivity index (χ4v) is 2.62. The number of anilines is 2. The Bertz CT molecular complexity index is 438. The van der Waals surface area contributed by atoms with Gasteiger partial charge in [-0.15, -0.1) is 0 Å². The molecule has 0 spiro atoms. The molecule has 1 aliphatic heterocycles. The molecule has 1 N–H and O–H groups in total. The van der Waals surface area contributed by atoms with E-state index in [-0.39, 0.29) is 0 Å². The molecule has 2 atom stereocenters. The van der Waals surface area contributed by atoms with Gasteiger partial charge in [-0.2, -0.15) is 0 Å². The average Bonchev–Trinajstić information content (AvgIpc) is 2.47. The van der Waals surface area contributed by atoms with Gasteiger partial charge < -0.3 is 15.0 Å². The lowest BCUT2D eigenvalue weighted by Crippen LogP contribution is -2.41. The maximum absolute atomic E-state index is 5.44. The van der Waals surface area contributed by atoms with Crippen LogP contribution in [0.5, 0.6) is 0 Å². The minimum atomic E-state index is 0.469. The molecule has 0 amide bonds. The van der Waals surface area contributed by atoms with Crippen LogP contribution >= 0.6 is 0 Å². The van der Waals surface area contributed by atoms with E-state index in [9.17, 15) is 0 Å². The zero-order valence-electron chi connectivity index (χ0n) is 13.0. The lowest BCUT2D eigenvalue weighted by molar-refractivity contribution is 0.128. The number of nitrogens with one attached hydrogen (secondary N) is 1. The highest BCUT2D eigenvalue weighted by atomic mass is 16.5. The third-order valence-corrected chi connectivity index (χ3v) is 3.86. The molecule has 1 aromatic rings. The molecule has 1 aromatic heterocycles. The van der Waals surface area contributed by atoms with Crippen LogP contribution in [-0.4, -0.2) is 36.2 Å². The van der Waals surface area contributed by atoms with Crippen LogP contribution in [0.15, 0.2) is 6.07 Å². The first-order chi connectivity index (χ1) is 9.63. The number of piperidine rings is 1. The van der Waals surface area contributed by atoms with Gasteiger partial charge in [0.1, 0.15) is 18.2 Å². The first-order valence-electron chi connectivity index (χ1n) is 7.54. The van der Waals surface area contributed by atoms with Gasteiger partial charge in [0.2, 0.25) is 0 Å². The van der Waals surface area contributed by atoms with E-state index >= 15 is 0 Å². The largest absolute Gasteiger partial charge is 0.374 e.